The lowest BCUT2D eigenvalue weighted by atomic mass is 10.3. The van der Waals surface area contributed by atoms with Gasteiger partial charge in [-0.25, -0.2) is 8.78 Å². The average Bonchev–Trinajstić information content (AvgIpc) is 2.41. The molecule has 0 atom stereocenters. The molecule has 0 aliphatic rings. The van der Waals surface area contributed by atoms with Gasteiger partial charge in [-0.05, 0) is 11.6 Å². The number of hydrogen-bond donors (Lipinski definition) is 0. The molecule has 0 unspecified atom stereocenters. The van der Waals surface area contributed by atoms with E-state index in [1.807, 2.05) is 0 Å². The molecule has 0 fully saturated rings. The van der Waals surface area contributed by atoms with Gasteiger partial charge in [0.05, 0.1) is 0 Å². The maximum atomic E-state index is 11.7. The highest BCUT2D eigenvalue weighted by atomic mass is 35.5. The lowest BCUT2D eigenvalue weighted by Crippen LogP contribution is -2.48. The Morgan fingerprint density at radius 1 is 0.273 bits per heavy atom. The molecule has 24 heteroatoms. The molecule has 0 aliphatic carbocycles. The summed E-state index contributed by atoms with van der Waals surface area (Å²) < 4.78 is 206. The van der Waals surface area contributed by atoms with Gasteiger partial charge in [0, 0.05) is 0 Å². The van der Waals surface area contributed by atoms with E-state index in [4.69, 9.17) is 0 Å². The second kappa shape index (κ2) is 10.6. The summed E-state index contributed by atoms with van der Waals surface area (Å²) in [6.07, 6.45) is -18.5. The van der Waals surface area contributed by atoms with Gasteiger partial charge in [0.15, 0.2) is 0 Å². The SMILES string of the molecule is FC(F)(F)C(F)(F)C(F)(Cl)Cl.FC(F)(F)C(F)(F)C(F)(Cl)Cl.FC(F)(F)C(F)(F)C(F)(F)Cl. The molecule has 33 heavy (non-hydrogen) atoms. The van der Waals surface area contributed by atoms with Crippen LogP contribution in [0.3, 0.4) is 0 Å². The second-order valence-electron chi connectivity index (χ2n) is 4.71. The van der Waals surface area contributed by atoms with Gasteiger partial charge in [-0.1, -0.05) is 46.4 Å². The van der Waals surface area contributed by atoms with Crippen LogP contribution in [0.5, 0.6) is 0 Å². The molecule has 0 N–H and O–H groups in total. The molecule has 0 aromatic heterocycles. The molecular weight excluding hydrogens is 646 g/mol. The van der Waals surface area contributed by atoms with Crippen LogP contribution in [0.1, 0.15) is 0 Å². The highest BCUT2D eigenvalue weighted by Crippen LogP contribution is 2.51. The molecule has 0 nitrogen and oxygen atoms in total. The van der Waals surface area contributed by atoms with Crippen molar-refractivity contribution in [3.63, 3.8) is 0 Å². The third kappa shape index (κ3) is 9.95. The molecule has 0 rings (SSSR count). The summed E-state index contributed by atoms with van der Waals surface area (Å²) in [5, 5.41) is -5.61. The van der Waals surface area contributed by atoms with Crippen LogP contribution >= 0.6 is 58.0 Å². The van der Waals surface area contributed by atoms with Crippen molar-refractivity contribution >= 4 is 58.0 Å². The Hall–Kier alpha value is 0.120. The molecule has 204 valence electrons. The molecule has 0 aromatic rings. The van der Waals surface area contributed by atoms with Crippen LogP contribution in [-0.2, 0) is 0 Å². The van der Waals surface area contributed by atoms with Gasteiger partial charge in [-0.15, -0.1) is 0 Å². The molecule has 0 spiro atoms. The fourth-order valence-electron chi connectivity index (χ4n) is 0.482. The van der Waals surface area contributed by atoms with Gasteiger partial charge < -0.3 is 0 Å². The second-order valence-corrected chi connectivity index (χ2v) is 7.65. The first kappa shape index (κ1) is 37.7. The van der Waals surface area contributed by atoms with Crippen molar-refractivity contribution in [2.45, 2.75) is 50.9 Å². The van der Waals surface area contributed by atoms with E-state index in [0.717, 1.165) is 0 Å². The lowest BCUT2D eigenvalue weighted by molar-refractivity contribution is -0.332. The summed E-state index contributed by atoms with van der Waals surface area (Å²) in [7, 11) is 0. The fraction of sp³-hybridized carbons (Fsp3) is 1.00. The summed E-state index contributed by atoms with van der Waals surface area (Å²) in [6, 6.07) is 0. The van der Waals surface area contributed by atoms with Crippen molar-refractivity contribution in [2.75, 3.05) is 0 Å². The van der Waals surface area contributed by atoms with Crippen molar-refractivity contribution in [1.82, 2.24) is 0 Å². The van der Waals surface area contributed by atoms with Crippen LogP contribution in [-0.4, -0.2) is 50.9 Å². The number of alkyl halides is 24. The van der Waals surface area contributed by atoms with Gasteiger partial charge >= 0.3 is 50.9 Å². The Kier molecular flexibility index (Phi) is 12.1. The molecule has 0 bridgehead atoms. The summed E-state index contributed by atoms with van der Waals surface area (Å²) in [5.74, 6) is -17.7. The standard InChI is InChI=1S/2C3Cl2F6.C3ClF7/c2*4-2(5,8)1(6,7)3(9,10)11;4-2(7,8)1(5,6)3(9,10)11. The molecule has 0 radical (unpaired) electrons. The predicted molar refractivity (Wildman–Crippen MR) is 74.9 cm³/mol. The largest absolute Gasteiger partial charge is 0.461 e. The van der Waals surface area contributed by atoms with E-state index in [1.165, 1.54) is 0 Å². The minimum absolute atomic E-state index is 3.51. The van der Waals surface area contributed by atoms with Crippen molar-refractivity contribution in [3.05, 3.63) is 0 Å². The van der Waals surface area contributed by atoms with Crippen molar-refractivity contribution in [1.29, 1.82) is 0 Å². The number of hydrogen-bond acceptors (Lipinski definition) is 0. The summed E-state index contributed by atoms with van der Waals surface area (Å²) in [4.78, 5) is 0. The van der Waals surface area contributed by atoms with Crippen LogP contribution in [0.4, 0.5) is 83.4 Å². The third-order valence-corrected chi connectivity index (χ3v) is 3.32. The summed E-state index contributed by atoms with van der Waals surface area (Å²) in [6.45, 7) is 0. The van der Waals surface area contributed by atoms with E-state index in [0.29, 0.717) is 0 Å². The average molecular weight is 646 g/mol. The molecule has 0 amide bonds. The highest BCUT2D eigenvalue weighted by molar-refractivity contribution is 6.48. The smallest absolute Gasteiger partial charge is 0.201 e. The van der Waals surface area contributed by atoms with E-state index in [-0.39, 0.29) is 0 Å². The fourth-order valence-corrected chi connectivity index (χ4v) is 1.02. The summed E-state index contributed by atoms with van der Waals surface area (Å²) in [5.41, 5.74) is 0. The van der Waals surface area contributed by atoms with E-state index in [1.54, 1.807) is 0 Å². The Labute approximate surface area is 192 Å². The Morgan fingerprint density at radius 3 is 0.424 bits per heavy atom. The van der Waals surface area contributed by atoms with Crippen molar-refractivity contribution in [2.24, 2.45) is 0 Å². The minimum atomic E-state index is -6.34. The van der Waals surface area contributed by atoms with Crippen LogP contribution in [0.15, 0.2) is 0 Å². The van der Waals surface area contributed by atoms with Crippen molar-refractivity contribution in [3.8, 4) is 0 Å². The molecular formula is C9Cl5F19. The molecule has 0 aliphatic heterocycles. The third-order valence-electron chi connectivity index (χ3n) is 2.14. The van der Waals surface area contributed by atoms with Gasteiger partial charge in [0.2, 0.25) is 0 Å². The predicted octanol–water partition coefficient (Wildman–Crippen LogP) is 9.59. The van der Waals surface area contributed by atoms with Gasteiger partial charge in [-0.2, -0.15) is 74.6 Å². The summed E-state index contributed by atoms with van der Waals surface area (Å²) >= 11 is 19.3. The van der Waals surface area contributed by atoms with E-state index < -0.39 is 50.9 Å². The zero-order valence-corrected chi connectivity index (χ0v) is 17.4. The first-order valence-corrected chi connectivity index (χ1v) is 7.93. The Morgan fingerprint density at radius 2 is 0.424 bits per heavy atom. The Balaban J connectivity index is -0.000000409. The zero-order valence-electron chi connectivity index (χ0n) is 13.6. The lowest BCUT2D eigenvalue weighted by Gasteiger charge is -2.24. The van der Waals surface area contributed by atoms with E-state index in [2.05, 4.69) is 58.0 Å². The molecule has 0 aromatic carbocycles. The highest BCUT2D eigenvalue weighted by Gasteiger charge is 2.73. The van der Waals surface area contributed by atoms with Gasteiger partial charge in [0.25, 0.3) is 0 Å². The minimum Gasteiger partial charge on any atom is -0.201 e. The maximum absolute atomic E-state index is 11.7. The number of halogens is 24. The first-order valence-electron chi connectivity index (χ1n) is 6.04. The quantitative estimate of drug-likeness (QED) is 0.212. The van der Waals surface area contributed by atoms with Crippen molar-refractivity contribution < 1.29 is 83.4 Å². The van der Waals surface area contributed by atoms with Crippen LogP contribution in [0.2, 0.25) is 0 Å². The molecule has 0 heterocycles. The normalized spacial score (nSPS) is 15.3. The molecule has 0 saturated heterocycles. The zero-order chi connectivity index (χ0) is 28.5. The monoisotopic (exact) mass is 644 g/mol. The van der Waals surface area contributed by atoms with Crippen LogP contribution in [0.25, 0.3) is 0 Å². The van der Waals surface area contributed by atoms with E-state index >= 15 is 0 Å². The topological polar surface area (TPSA) is 0 Å². The first-order chi connectivity index (χ1) is 13.5. The number of rotatable bonds is 3. The molecule has 0 saturated carbocycles. The van der Waals surface area contributed by atoms with Gasteiger partial charge in [-0.3, -0.25) is 0 Å². The van der Waals surface area contributed by atoms with Crippen LogP contribution in [0, 0.1) is 0 Å². The Bertz CT molecular complexity index is 464. The maximum Gasteiger partial charge on any atom is 0.461 e. The van der Waals surface area contributed by atoms with Crippen LogP contribution < -0.4 is 0 Å². The van der Waals surface area contributed by atoms with Gasteiger partial charge in [0.1, 0.15) is 0 Å². The van der Waals surface area contributed by atoms with E-state index in [9.17, 15) is 83.4 Å².